The minimum absolute atomic E-state index is 0.0410. The summed E-state index contributed by atoms with van der Waals surface area (Å²) in [5, 5.41) is 6.42. The van der Waals surface area contributed by atoms with E-state index in [2.05, 4.69) is 30.5 Å². The molecule has 0 atom stereocenters. The van der Waals surface area contributed by atoms with Crippen molar-refractivity contribution in [1.82, 2.24) is 10.6 Å². The Hall–Kier alpha value is -1.39. The molecule has 1 aliphatic rings. The molecule has 0 aromatic heterocycles. The van der Waals surface area contributed by atoms with Gasteiger partial charge in [0.15, 0.2) is 0 Å². The van der Waals surface area contributed by atoms with Gasteiger partial charge in [0.25, 0.3) is 5.91 Å². The van der Waals surface area contributed by atoms with Crippen molar-refractivity contribution in [3.63, 3.8) is 0 Å². The second-order valence-electron chi connectivity index (χ2n) is 6.46. The predicted molar refractivity (Wildman–Crippen MR) is 84.5 cm³/mol. The quantitative estimate of drug-likeness (QED) is 0.844. The number of fused-ring (bicyclic) bond motifs is 1. The highest BCUT2D eigenvalue weighted by molar-refractivity contribution is 5.96. The average Bonchev–Trinajstić information content (AvgIpc) is 2.50. The van der Waals surface area contributed by atoms with Gasteiger partial charge in [0.2, 0.25) is 0 Å². The first kappa shape index (κ1) is 16.0. The van der Waals surface area contributed by atoms with Crippen LogP contribution >= 0.6 is 0 Å². The van der Waals surface area contributed by atoms with Crippen molar-refractivity contribution in [3.05, 3.63) is 34.9 Å². The molecule has 1 heterocycles. The molecular formula is C17H26N2O2. The molecule has 4 heteroatoms. The van der Waals surface area contributed by atoms with Crippen molar-refractivity contribution in [2.45, 2.75) is 33.2 Å². The minimum Gasteiger partial charge on any atom is -0.385 e. The fourth-order valence-corrected chi connectivity index (χ4v) is 2.63. The number of carbonyl (C=O) groups is 1. The van der Waals surface area contributed by atoms with Crippen LogP contribution in [0.1, 0.15) is 41.8 Å². The van der Waals surface area contributed by atoms with Gasteiger partial charge in [-0.2, -0.15) is 0 Å². The first-order valence-corrected chi connectivity index (χ1v) is 7.62. The fraction of sp³-hybridized carbons (Fsp3) is 0.588. The van der Waals surface area contributed by atoms with Crippen LogP contribution < -0.4 is 10.6 Å². The largest absolute Gasteiger partial charge is 0.385 e. The van der Waals surface area contributed by atoms with Gasteiger partial charge in [-0.15, -0.1) is 0 Å². The molecule has 2 rings (SSSR count). The van der Waals surface area contributed by atoms with E-state index in [1.54, 1.807) is 7.11 Å². The van der Waals surface area contributed by atoms with Crippen LogP contribution in [-0.4, -0.2) is 32.7 Å². The lowest BCUT2D eigenvalue weighted by atomic mass is 9.89. The zero-order valence-electron chi connectivity index (χ0n) is 13.3. The molecule has 1 amide bonds. The molecule has 1 aromatic rings. The number of hydrogen-bond donors (Lipinski definition) is 2. The van der Waals surface area contributed by atoms with Crippen LogP contribution in [0.15, 0.2) is 18.2 Å². The van der Waals surface area contributed by atoms with Gasteiger partial charge in [-0.05, 0) is 42.0 Å². The van der Waals surface area contributed by atoms with Crippen molar-refractivity contribution in [1.29, 1.82) is 0 Å². The van der Waals surface area contributed by atoms with Gasteiger partial charge < -0.3 is 15.4 Å². The Labute approximate surface area is 127 Å². The molecule has 21 heavy (non-hydrogen) atoms. The van der Waals surface area contributed by atoms with Crippen LogP contribution in [0.2, 0.25) is 0 Å². The third-order valence-corrected chi connectivity index (χ3v) is 4.10. The topological polar surface area (TPSA) is 50.4 Å². The summed E-state index contributed by atoms with van der Waals surface area (Å²) in [7, 11) is 1.71. The molecule has 4 nitrogen and oxygen atoms in total. The Balaban J connectivity index is 2.01. The van der Waals surface area contributed by atoms with Crippen molar-refractivity contribution < 1.29 is 9.53 Å². The lowest BCUT2D eigenvalue weighted by molar-refractivity contribution is 0.0919. The summed E-state index contributed by atoms with van der Waals surface area (Å²) in [6, 6.07) is 6.00. The van der Waals surface area contributed by atoms with E-state index >= 15 is 0 Å². The monoisotopic (exact) mass is 290 g/mol. The van der Waals surface area contributed by atoms with Crippen molar-refractivity contribution in [2.75, 3.05) is 26.8 Å². The zero-order valence-corrected chi connectivity index (χ0v) is 13.3. The first-order valence-electron chi connectivity index (χ1n) is 7.62. The Morgan fingerprint density at radius 2 is 2.24 bits per heavy atom. The van der Waals surface area contributed by atoms with E-state index in [1.807, 2.05) is 12.1 Å². The van der Waals surface area contributed by atoms with E-state index in [9.17, 15) is 4.79 Å². The Morgan fingerprint density at radius 3 is 3.00 bits per heavy atom. The number of hydrogen-bond acceptors (Lipinski definition) is 3. The van der Waals surface area contributed by atoms with E-state index < -0.39 is 0 Å². The highest BCUT2D eigenvalue weighted by Gasteiger charge is 2.21. The molecule has 2 N–H and O–H groups in total. The zero-order chi connectivity index (χ0) is 15.3. The summed E-state index contributed by atoms with van der Waals surface area (Å²) < 4.78 is 5.12. The summed E-state index contributed by atoms with van der Waals surface area (Å²) in [6.07, 6.45) is 1.85. The molecule has 0 unspecified atom stereocenters. The Morgan fingerprint density at radius 1 is 1.43 bits per heavy atom. The second kappa shape index (κ2) is 7.05. The van der Waals surface area contributed by atoms with Crippen LogP contribution in [0.25, 0.3) is 0 Å². The molecule has 116 valence electrons. The van der Waals surface area contributed by atoms with Crippen LogP contribution in [0.3, 0.4) is 0 Å². The van der Waals surface area contributed by atoms with Gasteiger partial charge in [0, 0.05) is 32.4 Å². The smallest absolute Gasteiger partial charge is 0.251 e. The molecule has 0 radical (unpaired) electrons. The first-order chi connectivity index (χ1) is 10.0. The molecule has 0 saturated carbocycles. The van der Waals surface area contributed by atoms with Crippen LogP contribution in [0, 0.1) is 5.41 Å². The van der Waals surface area contributed by atoms with Gasteiger partial charge in [-0.25, -0.2) is 0 Å². The Kier molecular flexibility index (Phi) is 5.37. The van der Waals surface area contributed by atoms with E-state index in [0.29, 0.717) is 6.54 Å². The second-order valence-corrected chi connectivity index (χ2v) is 6.46. The molecule has 1 aliphatic heterocycles. The highest BCUT2D eigenvalue weighted by Crippen LogP contribution is 2.21. The third kappa shape index (κ3) is 4.29. The highest BCUT2D eigenvalue weighted by atomic mass is 16.5. The normalized spacial score (nSPS) is 14.6. The number of methoxy groups -OCH3 is 1. The van der Waals surface area contributed by atoms with Crippen LogP contribution in [0.4, 0.5) is 0 Å². The molecule has 0 fully saturated rings. The van der Waals surface area contributed by atoms with E-state index in [4.69, 9.17) is 4.74 Å². The molecule has 0 spiro atoms. The number of amides is 1. The van der Waals surface area contributed by atoms with Crippen LogP contribution in [0.5, 0.6) is 0 Å². The summed E-state index contributed by atoms with van der Waals surface area (Å²) >= 11 is 0. The minimum atomic E-state index is 0.0410. The number of benzene rings is 1. The molecule has 0 bridgehead atoms. The predicted octanol–water partition coefficient (Wildman–Crippen LogP) is 2.12. The van der Waals surface area contributed by atoms with E-state index in [0.717, 1.165) is 38.1 Å². The maximum atomic E-state index is 12.5. The number of ether oxygens (including phenoxy) is 1. The van der Waals surface area contributed by atoms with Crippen molar-refractivity contribution in [2.24, 2.45) is 5.41 Å². The lowest BCUT2D eigenvalue weighted by Crippen LogP contribution is -2.36. The van der Waals surface area contributed by atoms with Gasteiger partial charge in [-0.3, -0.25) is 4.79 Å². The summed E-state index contributed by atoms with van der Waals surface area (Å²) in [5.74, 6) is 0.0410. The molecule has 1 aromatic carbocycles. The molecular weight excluding hydrogens is 264 g/mol. The number of rotatable bonds is 6. The van der Waals surface area contributed by atoms with Gasteiger partial charge in [0.05, 0.1) is 0 Å². The molecule has 0 saturated heterocycles. The number of carbonyl (C=O) groups excluding carboxylic acids is 1. The van der Waals surface area contributed by atoms with Crippen LogP contribution in [-0.2, 0) is 17.7 Å². The SMILES string of the molecule is COCCC(C)(C)CNC(=O)c1cccc2c1CCNC2. The summed E-state index contributed by atoms with van der Waals surface area (Å²) in [6.45, 7) is 7.48. The standard InChI is InChI=1S/C17H26N2O2/c1-17(2,8-10-21-3)12-19-16(20)15-6-4-5-13-11-18-9-7-14(13)15/h4-6,18H,7-12H2,1-3H3,(H,19,20). The lowest BCUT2D eigenvalue weighted by Gasteiger charge is -2.25. The Bertz CT molecular complexity index is 498. The van der Waals surface area contributed by atoms with E-state index in [-0.39, 0.29) is 11.3 Å². The van der Waals surface area contributed by atoms with Crippen molar-refractivity contribution >= 4 is 5.91 Å². The van der Waals surface area contributed by atoms with E-state index in [1.165, 1.54) is 11.1 Å². The van der Waals surface area contributed by atoms with Gasteiger partial charge in [0.1, 0.15) is 0 Å². The van der Waals surface area contributed by atoms with Gasteiger partial charge in [-0.1, -0.05) is 26.0 Å². The summed E-state index contributed by atoms with van der Waals surface area (Å²) in [5.41, 5.74) is 3.31. The fourth-order valence-electron chi connectivity index (χ4n) is 2.63. The maximum absolute atomic E-state index is 12.5. The van der Waals surface area contributed by atoms with Gasteiger partial charge >= 0.3 is 0 Å². The average molecular weight is 290 g/mol. The third-order valence-electron chi connectivity index (χ3n) is 4.10. The number of nitrogens with one attached hydrogen (secondary N) is 2. The van der Waals surface area contributed by atoms with Crippen molar-refractivity contribution in [3.8, 4) is 0 Å². The summed E-state index contributed by atoms with van der Waals surface area (Å²) in [4.78, 5) is 12.5. The maximum Gasteiger partial charge on any atom is 0.251 e. The molecule has 0 aliphatic carbocycles.